The van der Waals surface area contributed by atoms with Crippen LogP contribution in [-0.2, 0) is 0 Å². The molecule has 0 fully saturated rings. The molecular weight excluding hydrogens is 270 g/mol. The van der Waals surface area contributed by atoms with E-state index in [2.05, 4.69) is 16.0 Å². The van der Waals surface area contributed by atoms with Gasteiger partial charge in [-0.25, -0.2) is 9.97 Å². The fourth-order valence-electron chi connectivity index (χ4n) is 1.35. The van der Waals surface area contributed by atoms with Gasteiger partial charge in [-0.1, -0.05) is 17.8 Å². The Labute approximate surface area is 112 Å². The van der Waals surface area contributed by atoms with Crippen molar-refractivity contribution in [3.05, 3.63) is 23.1 Å². The van der Waals surface area contributed by atoms with E-state index in [1.807, 2.05) is 30.0 Å². The molecule has 0 aliphatic heterocycles. The minimum atomic E-state index is 0.567. The van der Waals surface area contributed by atoms with Crippen molar-refractivity contribution in [2.24, 2.45) is 0 Å². The van der Waals surface area contributed by atoms with Gasteiger partial charge in [-0.15, -0.1) is 23.1 Å². The highest BCUT2D eigenvalue weighted by Crippen LogP contribution is 2.31. The average molecular weight is 279 g/mol. The smallest absolute Gasteiger partial charge is 0.189 e. The average Bonchev–Trinajstić information content (AvgIpc) is 2.90. The molecule has 3 nitrogen and oxygen atoms in total. The summed E-state index contributed by atoms with van der Waals surface area (Å²) in [6, 6.07) is 6.14. The van der Waals surface area contributed by atoms with Crippen molar-refractivity contribution in [3.63, 3.8) is 0 Å². The molecule has 17 heavy (non-hydrogen) atoms. The third-order valence-electron chi connectivity index (χ3n) is 2.10. The number of nitriles is 1. The molecule has 2 rings (SSSR count). The predicted molar refractivity (Wildman–Crippen MR) is 73.6 cm³/mol. The van der Waals surface area contributed by atoms with Crippen LogP contribution in [0.15, 0.2) is 27.7 Å². The molecule has 0 saturated carbocycles. The van der Waals surface area contributed by atoms with E-state index < -0.39 is 0 Å². The SMILES string of the molecule is CSc1nc(SC)c(C#N)c(-c2cccs2)n1. The second-order valence-electron chi connectivity index (χ2n) is 3.03. The summed E-state index contributed by atoms with van der Waals surface area (Å²) in [6.07, 6.45) is 3.86. The van der Waals surface area contributed by atoms with Crippen molar-refractivity contribution in [2.75, 3.05) is 12.5 Å². The van der Waals surface area contributed by atoms with Gasteiger partial charge in [-0.3, -0.25) is 0 Å². The molecule has 6 heteroatoms. The van der Waals surface area contributed by atoms with Crippen molar-refractivity contribution >= 4 is 34.9 Å². The Bertz CT molecular complexity index is 558. The molecule has 0 N–H and O–H groups in total. The topological polar surface area (TPSA) is 49.6 Å². The Kier molecular flexibility index (Phi) is 4.05. The van der Waals surface area contributed by atoms with Gasteiger partial charge in [-0.05, 0) is 24.0 Å². The summed E-state index contributed by atoms with van der Waals surface area (Å²) in [6.45, 7) is 0. The zero-order chi connectivity index (χ0) is 12.3. The molecule has 0 amide bonds. The summed E-state index contributed by atoms with van der Waals surface area (Å²) in [4.78, 5) is 9.80. The summed E-state index contributed by atoms with van der Waals surface area (Å²) in [7, 11) is 0. The maximum atomic E-state index is 9.25. The second-order valence-corrected chi connectivity index (χ2v) is 5.55. The van der Waals surface area contributed by atoms with E-state index in [1.165, 1.54) is 23.5 Å². The van der Waals surface area contributed by atoms with Crippen LogP contribution in [0.25, 0.3) is 10.6 Å². The van der Waals surface area contributed by atoms with Crippen LogP contribution in [0.2, 0.25) is 0 Å². The fourth-order valence-corrected chi connectivity index (χ4v) is 3.02. The number of hydrogen-bond donors (Lipinski definition) is 0. The summed E-state index contributed by atoms with van der Waals surface area (Å²) in [5.41, 5.74) is 1.31. The van der Waals surface area contributed by atoms with Gasteiger partial charge in [0.25, 0.3) is 0 Å². The molecule has 2 aromatic rings. The van der Waals surface area contributed by atoms with Crippen LogP contribution in [0.1, 0.15) is 5.56 Å². The highest BCUT2D eigenvalue weighted by atomic mass is 32.2. The number of rotatable bonds is 3. The van der Waals surface area contributed by atoms with Crippen molar-refractivity contribution in [3.8, 4) is 16.6 Å². The van der Waals surface area contributed by atoms with E-state index in [-0.39, 0.29) is 0 Å². The third-order valence-corrected chi connectivity index (χ3v) is 4.20. The van der Waals surface area contributed by atoms with Gasteiger partial charge in [-0.2, -0.15) is 5.26 Å². The number of nitrogens with zero attached hydrogens (tertiary/aromatic N) is 3. The predicted octanol–water partition coefficient (Wildman–Crippen LogP) is 3.52. The van der Waals surface area contributed by atoms with Crippen LogP contribution in [-0.4, -0.2) is 22.5 Å². The Morgan fingerprint density at radius 2 is 2.12 bits per heavy atom. The molecule has 0 bridgehead atoms. The van der Waals surface area contributed by atoms with E-state index >= 15 is 0 Å². The monoisotopic (exact) mass is 279 g/mol. The van der Waals surface area contributed by atoms with E-state index in [0.717, 1.165) is 15.6 Å². The zero-order valence-corrected chi connectivity index (χ0v) is 11.7. The molecular formula is C11H9N3S3. The minimum absolute atomic E-state index is 0.567. The van der Waals surface area contributed by atoms with Crippen LogP contribution in [0.5, 0.6) is 0 Å². The summed E-state index contributed by atoms with van der Waals surface area (Å²) < 4.78 is 0. The van der Waals surface area contributed by atoms with Crippen molar-refractivity contribution in [1.29, 1.82) is 5.26 Å². The summed E-state index contributed by atoms with van der Waals surface area (Å²) in [5, 5.41) is 12.7. The van der Waals surface area contributed by atoms with Gasteiger partial charge in [0.1, 0.15) is 22.4 Å². The first-order valence-corrected chi connectivity index (χ1v) is 8.07. The zero-order valence-electron chi connectivity index (χ0n) is 9.30. The molecule has 0 radical (unpaired) electrons. The van der Waals surface area contributed by atoms with Crippen molar-refractivity contribution in [2.45, 2.75) is 10.2 Å². The van der Waals surface area contributed by atoms with Gasteiger partial charge in [0.15, 0.2) is 5.16 Å². The lowest BCUT2D eigenvalue weighted by molar-refractivity contribution is 0.893. The molecule has 0 spiro atoms. The van der Waals surface area contributed by atoms with Crippen LogP contribution < -0.4 is 0 Å². The quantitative estimate of drug-likeness (QED) is 0.489. The van der Waals surface area contributed by atoms with Crippen LogP contribution >= 0.6 is 34.9 Å². The molecule has 0 saturated heterocycles. The van der Waals surface area contributed by atoms with Crippen LogP contribution in [0, 0.1) is 11.3 Å². The van der Waals surface area contributed by atoms with Crippen LogP contribution in [0.4, 0.5) is 0 Å². The van der Waals surface area contributed by atoms with E-state index in [1.54, 1.807) is 11.3 Å². The Morgan fingerprint density at radius 1 is 1.29 bits per heavy atom. The van der Waals surface area contributed by atoms with Crippen molar-refractivity contribution in [1.82, 2.24) is 9.97 Å². The molecule has 86 valence electrons. The van der Waals surface area contributed by atoms with Gasteiger partial charge < -0.3 is 0 Å². The minimum Gasteiger partial charge on any atom is -0.220 e. The Morgan fingerprint density at radius 3 is 2.65 bits per heavy atom. The summed E-state index contributed by atoms with van der Waals surface area (Å²) in [5.74, 6) is 0. The Hall–Kier alpha value is -1.03. The first-order valence-electron chi connectivity index (χ1n) is 4.74. The first kappa shape index (κ1) is 12.4. The number of aromatic nitrogens is 2. The maximum absolute atomic E-state index is 9.25. The molecule has 0 unspecified atom stereocenters. The summed E-state index contributed by atoms with van der Waals surface area (Å²) >= 11 is 4.55. The van der Waals surface area contributed by atoms with Gasteiger partial charge in [0.05, 0.1) is 4.88 Å². The first-order chi connectivity index (χ1) is 8.30. The largest absolute Gasteiger partial charge is 0.220 e. The second kappa shape index (κ2) is 5.54. The van der Waals surface area contributed by atoms with E-state index in [4.69, 9.17) is 0 Å². The molecule has 2 heterocycles. The van der Waals surface area contributed by atoms with Crippen molar-refractivity contribution < 1.29 is 0 Å². The van der Waals surface area contributed by atoms with E-state index in [9.17, 15) is 5.26 Å². The number of hydrogen-bond acceptors (Lipinski definition) is 6. The highest BCUT2D eigenvalue weighted by molar-refractivity contribution is 7.99. The number of thioether (sulfide) groups is 2. The maximum Gasteiger partial charge on any atom is 0.189 e. The molecule has 0 aromatic carbocycles. The third kappa shape index (κ3) is 2.46. The highest BCUT2D eigenvalue weighted by Gasteiger charge is 2.15. The lowest BCUT2D eigenvalue weighted by Crippen LogP contribution is -1.97. The Balaban J connectivity index is 2.68. The number of thiophene rings is 1. The van der Waals surface area contributed by atoms with Gasteiger partial charge in [0.2, 0.25) is 0 Å². The fraction of sp³-hybridized carbons (Fsp3) is 0.182. The lowest BCUT2D eigenvalue weighted by atomic mass is 10.2. The molecule has 0 aliphatic rings. The lowest BCUT2D eigenvalue weighted by Gasteiger charge is -2.06. The molecule has 2 aromatic heterocycles. The molecule has 0 atom stereocenters. The molecule has 0 aliphatic carbocycles. The van der Waals surface area contributed by atoms with Gasteiger partial charge >= 0.3 is 0 Å². The normalized spacial score (nSPS) is 10.2. The van der Waals surface area contributed by atoms with Gasteiger partial charge in [0, 0.05) is 0 Å². The van der Waals surface area contributed by atoms with E-state index in [0.29, 0.717) is 10.7 Å². The standard InChI is InChI=1S/C11H9N3S3/c1-15-10-7(6-12)9(8-4-3-5-17-8)13-11(14-10)16-2/h3-5H,1-2H3. The van der Waals surface area contributed by atoms with Crippen LogP contribution in [0.3, 0.4) is 0 Å².